The van der Waals surface area contributed by atoms with Gasteiger partial charge in [0, 0.05) is 7.11 Å². The highest BCUT2D eigenvalue weighted by Crippen LogP contribution is 2.11. The van der Waals surface area contributed by atoms with E-state index in [1.54, 1.807) is 7.11 Å². The SMILES string of the molecule is CCCCCCCCCCCC/C=C\C[C@H](COC[C@@H](O)CO)OC. The minimum absolute atomic E-state index is 0.00912. The van der Waals surface area contributed by atoms with Gasteiger partial charge < -0.3 is 19.7 Å². The van der Waals surface area contributed by atoms with Gasteiger partial charge in [0.15, 0.2) is 0 Å². The van der Waals surface area contributed by atoms with Gasteiger partial charge in [-0.1, -0.05) is 76.9 Å². The maximum atomic E-state index is 9.21. The molecule has 0 saturated heterocycles. The largest absolute Gasteiger partial charge is 0.394 e. The lowest BCUT2D eigenvalue weighted by Crippen LogP contribution is -2.24. The molecule has 2 atom stereocenters. The Hall–Kier alpha value is -0.420. The Labute approximate surface area is 155 Å². The van der Waals surface area contributed by atoms with Gasteiger partial charge in [-0.25, -0.2) is 0 Å². The van der Waals surface area contributed by atoms with E-state index in [0.717, 1.165) is 12.8 Å². The minimum Gasteiger partial charge on any atom is -0.394 e. The van der Waals surface area contributed by atoms with Crippen molar-refractivity contribution in [2.75, 3.05) is 26.9 Å². The number of aliphatic hydroxyl groups excluding tert-OH is 2. The number of hydrogen-bond donors (Lipinski definition) is 2. The van der Waals surface area contributed by atoms with Gasteiger partial charge in [-0.05, 0) is 19.3 Å². The molecule has 0 spiro atoms. The zero-order valence-electron chi connectivity index (χ0n) is 16.6. The fraction of sp³-hybridized carbons (Fsp3) is 0.905. The molecule has 0 fully saturated rings. The molecule has 0 aliphatic rings. The Balaban J connectivity index is 3.40. The van der Waals surface area contributed by atoms with Gasteiger partial charge in [-0.2, -0.15) is 0 Å². The first-order chi connectivity index (χ1) is 12.2. The average molecular weight is 359 g/mol. The molecule has 0 bridgehead atoms. The third-order valence-electron chi connectivity index (χ3n) is 4.45. The molecule has 0 aromatic heterocycles. The van der Waals surface area contributed by atoms with E-state index < -0.39 is 6.10 Å². The number of methoxy groups -OCH3 is 1. The van der Waals surface area contributed by atoms with Gasteiger partial charge in [0.1, 0.15) is 6.10 Å². The van der Waals surface area contributed by atoms with E-state index >= 15 is 0 Å². The maximum Gasteiger partial charge on any atom is 0.100 e. The van der Waals surface area contributed by atoms with Crippen molar-refractivity contribution in [3.63, 3.8) is 0 Å². The quantitative estimate of drug-likeness (QED) is 0.261. The highest BCUT2D eigenvalue weighted by molar-refractivity contribution is 4.84. The highest BCUT2D eigenvalue weighted by atomic mass is 16.5. The van der Waals surface area contributed by atoms with Crippen LogP contribution in [0.2, 0.25) is 0 Å². The first-order valence-corrected chi connectivity index (χ1v) is 10.3. The number of aliphatic hydroxyl groups is 2. The van der Waals surface area contributed by atoms with Crippen LogP contribution in [0.1, 0.15) is 84.0 Å². The predicted molar refractivity (Wildman–Crippen MR) is 105 cm³/mol. The van der Waals surface area contributed by atoms with Crippen molar-refractivity contribution in [3.8, 4) is 0 Å². The predicted octanol–water partition coefficient (Wildman–Crippen LogP) is 4.63. The lowest BCUT2D eigenvalue weighted by Gasteiger charge is -2.15. The summed E-state index contributed by atoms with van der Waals surface area (Å²) in [5.74, 6) is 0. The van der Waals surface area contributed by atoms with Gasteiger partial charge in [0.25, 0.3) is 0 Å². The number of unbranched alkanes of at least 4 members (excludes halogenated alkanes) is 10. The van der Waals surface area contributed by atoms with Crippen LogP contribution >= 0.6 is 0 Å². The monoisotopic (exact) mass is 358 g/mol. The van der Waals surface area contributed by atoms with E-state index in [2.05, 4.69) is 19.1 Å². The third kappa shape index (κ3) is 18.2. The second kappa shape index (κ2) is 19.9. The van der Waals surface area contributed by atoms with Crippen LogP contribution in [0.15, 0.2) is 12.2 Å². The van der Waals surface area contributed by atoms with Gasteiger partial charge in [-0.3, -0.25) is 0 Å². The van der Waals surface area contributed by atoms with Crippen LogP contribution in [0, 0.1) is 0 Å². The molecule has 0 aromatic carbocycles. The van der Waals surface area contributed by atoms with Crippen molar-refractivity contribution < 1.29 is 19.7 Å². The highest BCUT2D eigenvalue weighted by Gasteiger charge is 2.07. The Morgan fingerprint density at radius 1 is 0.840 bits per heavy atom. The Bertz CT molecular complexity index is 281. The van der Waals surface area contributed by atoms with E-state index in [9.17, 15) is 5.11 Å². The van der Waals surface area contributed by atoms with Gasteiger partial charge in [0.05, 0.1) is 25.9 Å². The third-order valence-corrected chi connectivity index (χ3v) is 4.45. The first kappa shape index (κ1) is 24.6. The maximum absolute atomic E-state index is 9.21. The van der Waals surface area contributed by atoms with E-state index in [1.165, 1.54) is 64.2 Å². The zero-order valence-corrected chi connectivity index (χ0v) is 16.6. The Morgan fingerprint density at radius 3 is 2.00 bits per heavy atom. The van der Waals surface area contributed by atoms with Crippen LogP contribution in [0.5, 0.6) is 0 Å². The topological polar surface area (TPSA) is 58.9 Å². The number of rotatable bonds is 19. The molecule has 2 N–H and O–H groups in total. The summed E-state index contributed by atoms with van der Waals surface area (Å²) < 4.78 is 10.7. The molecule has 0 saturated carbocycles. The summed E-state index contributed by atoms with van der Waals surface area (Å²) in [6.45, 7) is 2.59. The molecular weight excluding hydrogens is 316 g/mol. The molecular formula is C21H42O4. The van der Waals surface area contributed by atoms with Crippen molar-refractivity contribution in [1.29, 1.82) is 0 Å². The van der Waals surface area contributed by atoms with Crippen molar-refractivity contribution >= 4 is 0 Å². The van der Waals surface area contributed by atoms with E-state index in [-0.39, 0.29) is 19.3 Å². The molecule has 0 heterocycles. The van der Waals surface area contributed by atoms with Crippen LogP contribution in [0.4, 0.5) is 0 Å². The summed E-state index contributed by atoms with van der Waals surface area (Å²) in [4.78, 5) is 0. The van der Waals surface area contributed by atoms with E-state index in [1.807, 2.05) is 0 Å². The molecule has 4 heteroatoms. The molecule has 0 aromatic rings. The minimum atomic E-state index is -0.801. The molecule has 0 aliphatic heterocycles. The standard InChI is InChI=1S/C21H42O4/c1-3-4-5-6-7-8-9-10-11-12-13-14-15-16-21(24-2)19-25-18-20(23)17-22/h14-15,20-23H,3-13,16-19H2,1-2H3/b15-14-/t20-,21+/m0/s1. The van der Waals surface area contributed by atoms with Gasteiger partial charge >= 0.3 is 0 Å². The number of ether oxygens (including phenoxy) is 2. The summed E-state index contributed by atoms with van der Waals surface area (Å²) in [5, 5.41) is 17.9. The first-order valence-electron chi connectivity index (χ1n) is 10.3. The molecule has 0 rings (SSSR count). The normalized spacial score (nSPS) is 14.2. The van der Waals surface area contributed by atoms with Crippen LogP contribution in [0.25, 0.3) is 0 Å². The Morgan fingerprint density at radius 2 is 1.44 bits per heavy atom. The van der Waals surface area contributed by atoms with E-state index in [4.69, 9.17) is 14.6 Å². The van der Waals surface area contributed by atoms with Crippen molar-refractivity contribution in [2.24, 2.45) is 0 Å². The second-order valence-electron chi connectivity index (χ2n) is 6.91. The Kier molecular flexibility index (Phi) is 19.6. The zero-order chi connectivity index (χ0) is 18.6. The number of hydrogen-bond acceptors (Lipinski definition) is 4. The van der Waals surface area contributed by atoms with Crippen molar-refractivity contribution in [1.82, 2.24) is 0 Å². The fourth-order valence-corrected chi connectivity index (χ4v) is 2.74. The van der Waals surface area contributed by atoms with Gasteiger partial charge in [-0.15, -0.1) is 0 Å². The summed E-state index contributed by atoms with van der Waals surface area (Å²) in [7, 11) is 1.67. The summed E-state index contributed by atoms with van der Waals surface area (Å²) in [6, 6.07) is 0. The smallest absolute Gasteiger partial charge is 0.100 e. The summed E-state index contributed by atoms with van der Waals surface area (Å²) in [5.41, 5.74) is 0. The molecule has 0 amide bonds. The molecule has 0 aliphatic carbocycles. The average Bonchev–Trinajstić information content (AvgIpc) is 2.63. The summed E-state index contributed by atoms with van der Waals surface area (Å²) in [6.07, 6.45) is 19.3. The van der Waals surface area contributed by atoms with Crippen LogP contribution in [-0.2, 0) is 9.47 Å². The fourth-order valence-electron chi connectivity index (χ4n) is 2.74. The van der Waals surface area contributed by atoms with Crippen LogP contribution in [-0.4, -0.2) is 49.4 Å². The second-order valence-corrected chi connectivity index (χ2v) is 6.91. The number of allylic oxidation sites excluding steroid dienone is 1. The summed E-state index contributed by atoms with van der Waals surface area (Å²) >= 11 is 0. The van der Waals surface area contributed by atoms with E-state index in [0.29, 0.717) is 6.61 Å². The lowest BCUT2D eigenvalue weighted by atomic mass is 10.1. The van der Waals surface area contributed by atoms with Gasteiger partial charge in [0.2, 0.25) is 0 Å². The molecule has 0 radical (unpaired) electrons. The van der Waals surface area contributed by atoms with Crippen LogP contribution in [0.3, 0.4) is 0 Å². The van der Waals surface area contributed by atoms with Crippen molar-refractivity contribution in [2.45, 2.75) is 96.2 Å². The lowest BCUT2D eigenvalue weighted by molar-refractivity contribution is -0.0345. The molecule has 4 nitrogen and oxygen atoms in total. The van der Waals surface area contributed by atoms with Crippen LogP contribution < -0.4 is 0 Å². The molecule has 0 unspecified atom stereocenters. The molecule has 25 heavy (non-hydrogen) atoms. The molecule has 150 valence electrons. The van der Waals surface area contributed by atoms with Crippen molar-refractivity contribution in [3.05, 3.63) is 12.2 Å².